The molecule has 1 N–H and O–H groups in total. The first-order chi connectivity index (χ1) is 10.2. The van der Waals surface area contributed by atoms with Gasteiger partial charge in [0.05, 0.1) is 19.9 Å². The van der Waals surface area contributed by atoms with Crippen molar-refractivity contribution in [3.63, 3.8) is 0 Å². The lowest BCUT2D eigenvalue weighted by atomic mass is 9.91. The predicted molar refractivity (Wildman–Crippen MR) is 83.8 cm³/mol. The summed E-state index contributed by atoms with van der Waals surface area (Å²) in [7, 11) is 5.33. The van der Waals surface area contributed by atoms with Gasteiger partial charge in [0.1, 0.15) is 5.76 Å². The minimum absolute atomic E-state index is 0.654. The average molecular weight is 291 g/mol. The van der Waals surface area contributed by atoms with Crippen molar-refractivity contribution in [1.29, 1.82) is 0 Å². The summed E-state index contributed by atoms with van der Waals surface area (Å²) in [6, 6.07) is 7.53. The van der Waals surface area contributed by atoms with Crippen LogP contribution >= 0.6 is 0 Å². The Kier molecular flexibility index (Phi) is 5.37. The van der Waals surface area contributed by atoms with Crippen molar-refractivity contribution in [3.05, 3.63) is 35.7 Å². The smallest absolute Gasteiger partial charge is 0.160 e. The van der Waals surface area contributed by atoms with E-state index in [0.29, 0.717) is 11.7 Å². The summed E-state index contributed by atoms with van der Waals surface area (Å²) in [6.07, 6.45) is 4.60. The van der Waals surface area contributed by atoms with E-state index in [2.05, 4.69) is 11.9 Å². The molecule has 0 radical (unpaired) electrons. The molecule has 3 rings (SSSR count). The molecule has 1 fully saturated rings. The Bertz CT molecular complexity index is 476. The van der Waals surface area contributed by atoms with Crippen LogP contribution in [-0.4, -0.2) is 37.8 Å². The lowest BCUT2D eigenvalue weighted by molar-refractivity contribution is 0.311. The van der Waals surface area contributed by atoms with E-state index in [-0.39, 0.29) is 0 Å². The van der Waals surface area contributed by atoms with Crippen molar-refractivity contribution < 1.29 is 14.6 Å². The number of likely N-dealkylation sites (tertiary alicyclic amines) is 1. The topological polar surface area (TPSA) is 41.9 Å². The summed E-state index contributed by atoms with van der Waals surface area (Å²) < 4.78 is 10.0. The lowest BCUT2D eigenvalue weighted by Crippen LogP contribution is -2.17. The van der Waals surface area contributed by atoms with Crippen molar-refractivity contribution in [3.8, 4) is 11.5 Å². The third-order valence-corrected chi connectivity index (χ3v) is 4.16. The number of aliphatic hydroxyl groups is 1. The van der Waals surface area contributed by atoms with Gasteiger partial charge in [0.25, 0.3) is 0 Å². The standard InChI is InChI=1S/C9H15NO.C8H10O2/c1-10-6-5-7-3-2-4-8(11)9(7)10;1-9-7-5-3-4-6-8(7)10-2/h7,11H,2-6H2,1H3;3-6H,1-2H3. The highest BCUT2D eigenvalue weighted by atomic mass is 16.5. The second-order valence-corrected chi connectivity index (χ2v) is 5.49. The first-order valence-electron chi connectivity index (χ1n) is 7.47. The number of para-hydroxylation sites is 2. The Morgan fingerprint density at radius 2 is 1.71 bits per heavy atom. The van der Waals surface area contributed by atoms with Gasteiger partial charge in [-0.1, -0.05) is 12.1 Å². The Hall–Kier alpha value is -1.84. The number of aliphatic hydroxyl groups excluding tert-OH is 1. The monoisotopic (exact) mass is 291 g/mol. The summed E-state index contributed by atoms with van der Waals surface area (Å²) in [6.45, 7) is 1.13. The second kappa shape index (κ2) is 7.25. The van der Waals surface area contributed by atoms with Crippen LogP contribution in [0.2, 0.25) is 0 Å². The van der Waals surface area contributed by atoms with Crippen molar-refractivity contribution >= 4 is 0 Å². The number of methoxy groups -OCH3 is 2. The Labute approximate surface area is 127 Å². The third kappa shape index (κ3) is 3.63. The molecule has 0 bridgehead atoms. The molecule has 4 nitrogen and oxygen atoms in total. The van der Waals surface area contributed by atoms with E-state index in [9.17, 15) is 5.11 Å². The maximum absolute atomic E-state index is 9.59. The van der Waals surface area contributed by atoms with Crippen LogP contribution in [0.25, 0.3) is 0 Å². The van der Waals surface area contributed by atoms with Crippen molar-refractivity contribution in [2.24, 2.45) is 5.92 Å². The molecule has 1 saturated heterocycles. The van der Waals surface area contributed by atoms with Gasteiger partial charge in [-0.15, -0.1) is 0 Å². The fraction of sp³-hybridized carbons (Fsp3) is 0.529. The Morgan fingerprint density at radius 1 is 1.10 bits per heavy atom. The Morgan fingerprint density at radius 3 is 2.24 bits per heavy atom. The number of ether oxygens (including phenoxy) is 2. The van der Waals surface area contributed by atoms with Gasteiger partial charge in [-0.25, -0.2) is 0 Å². The molecule has 1 aliphatic carbocycles. The van der Waals surface area contributed by atoms with Crippen LogP contribution in [0.4, 0.5) is 0 Å². The predicted octanol–water partition coefficient (Wildman–Crippen LogP) is 3.60. The van der Waals surface area contributed by atoms with Gasteiger partial charge in [0.2, 0.25) is 0 Å². The molecule has 1 aliphatic heterocycles. The van der Waals surface area contributed by atoms with Crippen LogP contribution in [0, 0.1) is 5.92 Å². The molecule has 0 saturated carbocycles. The van der Waals surface area contributed by atoms with E-state index >= 15 is 0 Å². The molecule has 21 heavy (non-hydrogen) atoms. The van der Waals surface area contributed by atoms with Gasteiger partial charge in [-0.05, 0) is 31.4 Å². The highest BCUT2D eigenvalue weighted by molar-refractivity contribution is 5.39. The molecule has 1 atom stereocenters. The largest absolute Gasteiger partial charge is 0.510 e. The number of fused-ring (bicyclic) bond motifs is 1. The number of nitrogens with zero attached hydrogens (tertiary/aromatic N) is 1. The maximum Gasteiger partial charge on any atom is 0.160 e. The number of allylic oxidation sites excluding steroid dienone is 2. The van der Waals surface area contributed by atoms with Gasteiger partial charge in [-0.3, -0.25) is 0 Å². The van der Waals surface area contributed by atoms with Gasteiger partial charge in [0, 0.05) is 25.9 Å². The van der Waals surface area contributed by atoms with Crippen LogP contribution in [0.1, 0.15) is 25.7 Å². The van der Waals surface area contributed by atoms with Gasteiger partial charge in [-0.2, -0.15) is 0 Å². The summed E-state index contributed by atoms with van der Waals surface area (Å²) in [5.74, 6) is 2.87. The van der Waals surface area contributed by atoms with E-state index in [1.807, 2.05) is 24.3 Å². The normalized spacial score (nSPS) is 20.5. The molecule has 116 valence electrons. The van der Waals surface area contributed by atoms with Gasteiger partial charge < -0.3 is 19.5 Å². The molecule has 2 aliphatic rings. The summed E-state index contributed by atoms with van der Waals surface area (Å²) in [4.78, 5) is 2.21. The molecule has 0 amide bonds. The number of benzene rings is 1. The average Bonchev–Trinajstić information content (AvgIpc) is 2.90. The van der Waals surface area contributed by atoms with Crippen LogP contribution in [-0.2, 0) is 0 Å². The van der Waals surface area contributed by atoms with Crippen molar-refractivity contribution in [1.82, 2.24) is 4.90 Å². The third-order valence-electron chi connectivity index (χ3n) is 4.16. The quantitative estimate of drug-likeness (QED) is 0.904. The van der Waals surface area contributed by atoms with Crippen LogP contribution in [0.3, 0.4) is 0 Å². The zero-order valence-electron chi connectivity index (χ0n) is 13.1. The highest BCUT2D eigenvalue weighted by Crippen LogP contribution is 2.37. The summed E-state index contributed by atoms with van der Waals surface area (Å²) in [5.41, 5.74) is 1.23. The molecule has 0 aromatic heterocycles. The molecule has 4 heteroatoms. The van der Waals surface area contributed by atoms with Crippen molar-refractivity contribution in [2.75, 3.05) is 27.8 Å². The molecule has 1 heterocycles. The second-order valence-electron chi connectivity index (χ2n) is 5.49. The Balaban J connectivity index is 0.000000155. The SMILES string of the molecule is CN1CCC2CCCC(O)=C21.COc1ccccc1OC. The van der Waals surface area contributed by atoms with Crippen LogP contribution in [0.5, 0.6) is 11.5 Å². The zero-order valence-corrected chi connectivity index (χ0v) is 13.1. The van der Waals surface area contributed by atoms with Crippen molar-refractivity contribution in [2.45, 2.75) is 25.7 Å². The maximum atomic E-state index is 9.59. The summed E-state index contributed by atoms with van der Waals surface area (Å²) >= 11 is 0. The van der Waals surface area contributed by atoms with E-state index in [0.717, 1.165) is 24.5 Å². The molecular formula is C17H25NO3. The van der Waals surface area contributed by atoms with E-state index in [1.165, 1.54) is 25.0 Å². The number of hydrogen-bond donors (Lipinski definition) is 1. The highest BCUT2D eigenvalue weighted by Gasteiger charge is 2.30. The number of hydrogen-bond acceptors (Lipinski definition) is 4. The van der Waals surface area contributed by atoms with E-state index in [4.69, 9.17) is 9.47 Å². The van der Waals surface area contributed by atoms with Gasteiger partial charge in [0.15, 0.2) is 11.5 Å². The molecule has 1 unspecified atom stereocenters. The van der Waals surface area contributed by atoms with Crippen LogP contribution < -0.4 is 9.47 Å². The number of rotatable bonds is 2. The molecule has 1 aromatic carbocycles. The zero-order chi connectivity index (χ0) is 15.2. The minimum Gasteiger partial charge on any atom is -0.510 e. The fourth-order valence-corrected chi connectivity index (χ4v) is 3.09. The molecular weight excluding hydrogens is 266 g/mol. The lowest BCUT2D eigenvalue weighted by Gasteiger charge is -2.23. The first kappa shape index (κ1) is 15.5. The van der Waals surface area contributed by atoms with E-state index in [1.54, 1.807) is 14.2 Å². The summed E-state index contributed by atoms with van der Waals surface area (Å²) in [5, 5.41) is 9.59. The fourth-order valence-electron chi connectivity index (χ4n) is 3.09. The molecule has 1 aromatic rings. The minimum atomic E-state index is 0.654. The molecule has 0 spiro atoms. The first-order valence-corrected chi connectivity index (χ1v) is 7.47. The van der Waals surface area contributed by atoms with Gasteiger partial charge >= 0.3 is 0 Å². The van der Waals surface area contributed by atoms with Crippen LogP contribution in [0.15, 0.2) is 35.7 Å². The van der Waals surface area contributed by atoms with E-state index < -0.39 is 0 Å².